The molecule has 3 heterocycles. The van der Waals surface area contributed by atoms with Crippen LogP contribution < -0.4 is 15.4 Å². The molecule has 2 aromatic heterocycles. The fourth-order valence-corrected chi connectivity index (χ4v) is 7.52. The number of rotatable bonds is 9. The molecule has 0 saturated heterocycles. The Morgan fingerprint density at radius 1 is 1.02 bits per heavy atom. The first-order chi connectivity index (χ1) is 23.5. The minimum Gasteiger partial charge on any atom is -0.497 e. The number of nitrogens with one attached hydrogen (secondary N) is 2. The fraction of sp³-hybridized carbons (Fsp3) is 0.194. The first-order valence-electron chi connectivity index (χ1n) is 15.3. The van der Waals surface area contributed by atoms with Crippen LogP contribution >= 0.6 is 27.3 Å². The highest BCUT2D eigenvalue weighted by atomic mass is 79.9. The van der Waals surface area contributed by atoms with E-state index >= 15 is 0 Å². The lowest BCUT2D eigenvalue weighted by molar-refractivity contribution is -0.147. The quantitative estimate of drug-likeness (QED) is 0.131. The number of benzene rings is 3. The summed E-state index contributed by atoms with van der Waals surface area (Å²) in [6, 6.07) is 22.5. The number of carbonyl (C=O) groups is 4. The van der Waals surface area contributed by atoms with Crippen LogP contribution in [0.2, 0.25) is 0 Å². The van der Waals surface area contributed by atoms with E-state index in [0.29, 0.717) is 51.4 Å². The van der Waals surface area contributed by atoms with Gasteiger partial charge in [-0.2, -0.15) is 0 Å². The summed E-state index contributed by atoms with van der Waals surface area (Å²) in [7, 11) is 1.59. The minimum absolute atomic E-state index is 0.0311. The molecule has 11 nitrogen and oxygen atoms in total. The summed E-state index contributed by atoms with van der Waals surface area (Å²) in [5, 5.41) is 25.2. The lowest BCUT2D eigenvalue weighted by Gasteiger charge is -2.36. The number of carbonyl (C=O) groups excluding carboxylic acids is 2. The number of aryl methyl sites for hydroxylation is 1. The third-order valence-corrected chi connectivity index (χ3v) is 10.1. The van der Waals surface area contributed by atoms with E-state index in [4.69, 9.17) is 14.8 Å². The number of ether oxygens (including phenoxy) is 1. The van der Waals surface area contributed by atoms with Crippen molar-refractivity contribution in [1.29, 1.82) is 0 Å². The van der Waals surface area contributed by atoms with Crippen LogP contribution in [0.1, 0.15) is 42.3 Å². The van der Waals surface area contributed by atoms with Gasteiger partial charge in [0.25, 0.3) is 5.91 Å². The van der Waals surface area contributed by atoms with Crippen molar-refractivity contribution in [3.63, 3.8) is 0 Å². The number of carboxylic acid groups (broad SMARTS) is 2. The van der Waals surface area contributed by atoms with Gasteiger partial charge in [0, 0.05) is 46.0 Å². The van der Waals surface area contributed by atoms with Crippen LogP contribution in [0.25, 0.3) is 22.2 Å². The van der Waals surface area contributed by atoms with Gasteiger partial charge in [0.15, 0.2) is 0 Å². The molecule has 5 aromatic rings. The number of amides is 2. The summed E-state index contributed by atoms with van der Waals surface area (Å²) < 4.78 is 6.10. The Bertz CT molecular complexity index is 2100. The highest BCUT2D eigenvalue weighted by Crippen LogP contribution is 2.39. The number of aliphatic carboxylic acids is 1. The van der Waals surface area contributed by atoms with Crippen molar-refractivity contribution in [3.8, 4) is 17.0 Å². The van der Waals surface area contributed by atoms with Gasteiger partial charge in [0.1, 0.15) is 10.8 Å². The fourth-order valence-electron chi connectivity index (χ4n) is 5.92. The Balaban J connectivity index is 1.33. The number of methoxy groups -OCH3 is 1. The standard InChI is InChI=1S/C36H31BrN4O7S/c1-19-3-7-21(8-4-19)29-15-26(25-13-22(37)9-12-28(25)39-29)32(42)38-16-23-14-27-30(18-41(23)17-20-5-10-24(48-2)11-6-20)49-34(31(27)35(44)45)40-33(43)36(46)47/h3-13,15,23H,14,16-18H2,1-2H3,(H,38,42)(H,40,43)(H,44,45)(H,46,47). The van der Waals surface area contributed by atoms with E-state index in [-0.39, 0.29) is 35.5 Å². The van der Waals surface area contributed by atoms with Crippen molar-refractivity contribution in [2.75, 3.05) is 19.0 Å². The molecule has 0 bridgehead atoms. The van der Waals surface area contributed by atoms with Gasteiger partial charge in [-0.25, -0.2) is 14.6 Å². The average Bonchev–Trinajstić information content (AvgIpc) is 3.43. The predicted molar refractivity (Wildman–Crippen MR) is 189 cm³/mol. The Morgan fingerprint density at radius 2 is 1.76 bits per heavy atom. The van der Waals surface area contributed by atoms with Crippen LogP contribution in [0.5, 0.6) is 5.75 Å². The SMILES string of the molecule is COc1ccc(CN2Cc3sc(NC(=O)C(=O)O)c(C(=O)O)c3CC2CNC(=O)c2cc(-c3ccc(C)cc3)nc3ccc(Br)cc23)cc1. The van der Waals surface area contributed by atoms with Gasteiger partial charge in [-0.3, -0.25) is 14.5 Å². The molecule has 1 atom stereocenters. The maximum Gasteiger partial charge on any atom is 0.394 e. The number of hydrogen-bond donors (Lipinski definition) is 4. The molecule has 0 aliphatic carbocycles. The largest absolute Gasteiger partial charge is 0.497 e. The van der Waals surface area contributed by atoms with E-state index in [9.17, 15) is 24.3 Å². The molecule has 0 saturated carbocycles. The van der Waals surface area contributed by atoms with Crippen molar-refractivity contribution in [2.45, 2.75) is 32.5 Å². The summed E-state index contributed by atoms with van der Waals surface area (Å²) in [6.45, 7) is 2.97. The summed E-state index contributed by atoms with van der Waals surface area (Å²) in [6.07, 6.45) is 0.240. The number of anilines is 1. The van der Waals surface area contributed by atoms with E-state index < -0.39 is 17.8 Å². The van der Waals surface area contributed by atoms with E-state index in [1.807, 2.05) is 73.7 Å². The zero-order chi connectivity index (χ0) is 34.8. The summed E-state index contributed by atoms with van der Waals surface area (Å²) in [4.78, 5) is 57.3. The average molecular weight is 744 g/mol. The van der Waals surface area contributed by atoms with Crippen molar-refractivity contribution in [2.24, 2.45) is 0 Å². The topological polar surface area (TPSA) is 158 Å². The number of fused-ring (bicyclic) bond motifs is 2. The highest BCUT2D eigenvalue weighted by Gasteiger charge is 2.34. The smallest absolute Gasteiger partial charge is 0.394 e. The molecular formula is C36H31BrN4O7S. The molecule has 49 heavy (non-hydrogen) atoms. The number of aromatic carboxylic acids is 1. The maximum atomic E-state index is 14.0. The molecule has 3 aromatic carbocycles. The molecule has 0 spiro atoms. The predicted octanol–water partition coefficient (Wildman–Crippen LogP) is 6.12. The van der Waals surface area contributed by atoms with Gasteiger partial charge in [-0.1, -0.05) is 57.9 Å². The third-order valence-electron chi connectivity index (χ3n) is 8.43. The number of halogens is 1. The van der Waals surface area contributed by atoms with Crippen LogP contribution in [0.15, 0.2) is 77.3 Å². The van der Waals surface area contributed by atoms with Crippen LogP contribution in [-0.2, 0) is 29.1 Å². The summed E-state index contributed by atoms with van der Waals surface area (Å²) in [5.41, 5.74) is 5.09. The Morgan fingerprint density at radius 3 is 2.43 bits per heavy atom. The van der Waals surface area contributed by atoms with Gasteiger partial charge in [0.05, 0.1) is 29.4 Å². The summed E-state index contributed by atoms with van der Waals surface area (Å²) in [5.74, 6) is -3.92. The van der Waals surface area contributed by atoms with Gasteiger partial charge in [-0.15, -0.1) is 11.3 Å². The molecule has 0 radical (unpaired) electrons. The second kappa shape index (κ2) is 14.2. The zero-order valence-corrected chi connectivity index (χ0v) is 28.9. The summed E-state index contributed by atoms with van der Waals surface area (Å²) >= 11 is 4.56. The van der Waals surface area contributed by atoms with E-state index in [1.54, 1.807) is 13.2 Å². The van der Waals surface area contributed by atoms with Gasteiger partial charge < -0.3 is 25.6 Å². The maximum absolute atomic E-state index is 14.0. The van der Waals surface area contributed by atoms with Crippen LogP contribution in [0.3, 0.4) is 0 Å². The van der Waals surface area contributed by atoms with Gasteiger partial charge in [-0.05, 0) is 60.9 Å². The second-order valence-electron chi connectivity index (χ2n) is 11.7. The Kier molecular flexibility index (Phi) is 9.77. The number of thiophene rings is 1. The third kappa shape index (κ3) is 7.33. The molecule has 4 N–H and O–H groups in total. The molecule has 13 heteroatoms. The number of aromatic nitrogens is 1. The van der Waals surface area contributed by atoms with E-state index in [0.717, 1.165) is 32.5 Å². The van der Waals surface area contributed by atoms with E-state index in [2.05, 4.69) is 31.5 Å². The molecule has 250 valence electrons. The second-order valence-corrected chi connectivity index (χ2v) is 13.7. The van der Waals surface area contributed by atoms with E-state index in [1.165, 1.54) is 0 Å². The molecule has 1 aliphatic heterocycles. The Hall–Kier alpha value is -5.11. The minimum atomic E-state index is -1.72. The number of hydrogen-bond acceptors (Lipinski definition) is 8. The van der Waals surface area contributed by atoms with Crippen molar-refractivity contribution in [1.82, 2.24) is 15.2 Å². The first-order valence-corrected chi connectivity index (χ1v) is 16.9. The van der Waals surface area contributed by atoms with Gasteiger partial charge in [0.2, 0.25) is 0 Å². The number of pyridine rings is 1. The molecule has 6 rings (SSSR count). The normalized spacial score (nSPS) is 14.2. The van der Waals surface area contributed by atoms with Crippen molar-refractivity contribution >= 4 is 66.9 Å². The molecular weight excluding hydrogens is 712 g/mol. The molecule has 1 aliphatic rings. The van der Waals surface area contributed by atoms with Gasteiger partial charge >= 0.3 is 17.8 Å². The molecule has 1 unspecified atom stereocenters. The van der Waals surface area contributed by atoms with Crippen LogP contribution in [-0.4, -0.2) is 63.5 Å². The zero-order valence-electron chi connectivity index (χ0n) is 26.5. The van der Waals surface area contributed by atoms with Crippen molar-refractivity contribution < 1.29 is 34.1 Å². The lowest BCUT2D eigenvalue weighted by Crippen LogP contribution is -2.47. The highest BCUT2D eigenvalue weighted by molar-refractivity contribution is 9.10. The molecule has 0 fully saturated rings. The Labute approximate surface area is 293 Å². The molecule has 2 amide bonds. The number of carboxylic acids is 2. The number of nitrogens with zero attached hydrogens (tertiary/aromatic N) is 2. The van der Waals surface area contributed by atoms with Crippen LogP contribution in [0.4, 0.5) is 5.00 Å². The van der Waals surface area contributed by atoms with Crippen molar-refractivity contribution in [3.05, 3.63) is 110 Å². The van der Waals surface area contributed by atoms with Crippen LogP contribution in [0, 0.1) is 6.92 Å². The lowest BCUT2D eigenvalue weighted by atomic mass is 9.95. The first kappa shape index (κ1) is 33.8. The monoisotopic (exact) mass is 742 g/mol.